The number of aliphatic imine (C=N–C) groups is 1. The molecule has 10 heavy (non-hydrogen) atoms. The topological polar surface area (TPSA) is 15.6 Å². The molecule has 1 aliphatic rings. The van der Waals surface area contributed by atoms with Crippen LogP contribution in [0, 0.1) is 5.92 Å². The van der Waals surface area contributed by atoms with Crippen LogP contribution in [0.15, 0.2) is 4.99 Å². The lowest BCUT2D eigenvalue weighted by atomic mass is 10.1. The SMILES string of the molecule is CC(C)CC1CN(C)C=N1. The van der Waals surface area contributed by atoms with Crippen LogP contribution in [0.5, 0.6) is 0 Å². The van der Waals surface area contributed by atoms with Gasteiger partial charge in [-0.2, -0.15) is 0 Å². The zero-order chi connectivity index (χ0) is 7.56. The van der Waals surface area contributed by atoms with Gasteiger partial charge in [0.2, 0.25) is 0 Å². The van der Waals surface area contributed by atoms with Gasteiger partial charge in [0.05, 0.1) is 12.4 Å². The fourth-order valence-electron chi connectivity index (χ4n) is 1.31. The molecule has 2 nitrogen and oxygen atoms in total. The molecule has 0 aromatic heterocycles. The fourth-order valence-corrected chi connectivity index (χ4v) is 1.31. The van der Waals surface area contributed by atoms with E-state index in [9.17, 15) is 0 Å². The molecule has 0 radical (unpaired) electrons. The molecular formula is C8H16N2. The molecule has 0 fully saturated rings. The molecule has 58 valence electrons. The van der Waals surface area contributed by atoms with Crippen molar-refractivity contribution >= 4 is 6.34 Å². The molecule has 1 rings (SSSR count). The van der Waals surface area contributed by atoms with Crippen molar-refractivity contribution in [2.75, 3.05) is 13.6 Å². The molecule has 1 unspecified atom stereocenters. The molecule has 0 saturated heterocycles. The summed E-state index contributed by atoms with van der Waals surface area (Å²) >= 11 is 0. The minimum atomic E-state index is 0.560. The Labute approximate surface area is 62.9 Å². The minimum absolute atomic E-state index is 0.560. The van der Waals surface area contributed by atoms with Crippen molar-refractivity contribution in [3.63, 3.8) is 0 Å². The van der Waals surface area contributed by atoms with Crippen molar-refractivity contribution in [3.05, 3.63) is 0 Å². The largest absolute Gasteiger partial charge is 0.364 e. The summed E-state index contributed by atoms with van der Waals surface area (Å²) in [7, 11) is 2.07. The molecular weight excluding hydrogens is 124 g/mol. The van der Waals surface area contributed by atoms with Gasteiger partial charge in [0.1, 0.15) is 0 Å². The standard InChI is InChI=1S/C8H16N2/c1-7(2)4-8-5-10(3)6-9-8/h6-8H,4-5H2,1-3H3. The molecule has 0 spiro atoms. The molecule has 1 heterocycles. The van der Waals surface area contributed by atoms with Crippen molar-refractivity contribution in [1.29, 1.82) is 0 Å². The minimum Gasteiger partial charge on any atom is -0.364 e. The Kier molecular flexibility index (Phi) is 2.30. The van der Waals surface area contributed by atoms with Gasteiger partial charge in [0, 0.05) is 13.6 Å². The lowest BCUT2D eigenvalue weighted by Crippen LogP contribution is -2.19. The summed E-state index contributed by atoms with van der Waals surface area (Å²) in [5, 5.41) is 0. The first-order chi connectivity index (χ1) is 4.68. The van der Waals surface area contributed by atoms with Gasteiger partial charge in [0.15, 0.2) is 0 Å². The highest BCUT2D eigenvalue weighted by Crippen LogP contribution is 2.11. The van der Waals surface area contributed by atoms with E-state index in [0.717, 1.165) is 12.5 Å². The van der Waals surface area contributed by atoms with Gasteiger partial charge in [-0.05, 0) is 12.3 Å². The molecule has 0 aromatic rings. The number of hydrogen-bond donors (Lipinski definition) is 0. The summed E-state index contributed by atoms with van der Waals surface area (Å²) in [5.41, 5.74) is 0. The number of rotatable bonds is 2. The van der Waals surface area contributed by atoms with Gasteiger partial charge in [-0.25, -0.2) is 0 Å². The lowest BCUT2D eigenvalue weighted by molar-refractivity contribution is 0.441. The van der Waals surface area contributed by atoms with E-state index < -0.39 is 0 Å². The second-order valence-electron chi connectivity index (χ2n) is 3.49. The van der Waals surface area contributed by atoms with Crippen LogP contribution in [-0.2, 0) is 0 Å². The Morgan fingerprint density at radius 3 is 2.80 bits per heavy atom. The molecule has 0 amide bonds. The molecule has 2 heteroatoms. The average Bonchev–Trinajstić information content (AvgIpc) is 2.13. The summed E-state index contributed by atoms with van der Waals surface area (Å²) < 4.78 is 0. The first-order valence-electron chi connectivity index (χ1n) is 3.92. The monoisotopic (exact) mass is 140 g/mol. The first-order valence-corrected chi connectivity index (χ1v) is 3.92. The maximum atomic E-state index is 4.36. The number of hydrogen-bond acceptors (Lipinski definition) is 2. The van der Waals surface area contributed by atoms with Crippen LogP contribution in [0.1, 0.15) is 20.3 Å². The van der Waals surface area contributed by atoms with Gasteiger partial charge in [-0.1, -0.05) is 13.8 Å². The third-order valence-electron chi connectivity index (χ3n) is 1.72. The van der Waals surface area contributed by atoms with Gasteiger partial charge >= 0.3 is 0 Å². The van der Waals surface area contributed by atoms with E-state index in [4.69, 9.17) is 0 Å². The van der Waals surface area contributed by atoms with Crippen LogP contribution in [0.2, 0.25) is 0 Å². The van der Waals surface area contributed by atoms with Gasteiger partial charge in [-0.3, -0.25) is 4.99 Å². The quantitative estimate of drug-likeness (QED) is 0.565. The summed E-state index contributed by atoms with van der Waals surface area (Å²) in [6.07, 6.45) is 3.16. The highest BCUT2D eigenvalue weighted by Gasteiger charge is 2.14. The third kappa shape index (κ3) is 2.01. The molecule has 1 atom stereocenters. The molecule has 0 aromatic carbocycles. The van der Waals surface area contributed by atoms with Crippen LogP contribution in [0.4, 0.5) is 0 Å². The summed E-state index contributed by atoms with van der Waals surface area (Å²) in [4.78, 5) is 6.50. The van der Waals surface area contributed by atoms with Crippen molar-refractivity contribution in [2.45, 2.75) is 26.3 Å². The predicted octanol–water partition coefficient (Wildman–Crippen LogP) is 1.37. The number of likely N-dealkylation sites (N-methyl/N-ethyl adjacent to an activating group) is 1. The average molecular weight is 140 g/mol. The smallest absolute Gasteiger partial charge is 0.0852 e. The van der Waals surface area contributed by atoms with Crippen LogP contribution >= 0.6 is 0 Å². The molecule has 0 aliphatic carbocycles. The zero-order valence-electron chi connectivity index (χ0n) is 7.04. The fraction of sp³-hybridized carbons (Fsp3) is 0.875. The van der Waals surface area contributed by atoms with Crippen molar-refractivity contribution < 1.29 is 0 Å². The van der Waals surface area contributed by atoms with Crippen LogP contribution in [-0.4, -0.2) is 30.9 Å². The lowest BCUT2D eigenvalue weighted by Gasteiger charge is -2.11. The van der Waals surface area contributed by atoms with E-state index in [0.29, 0.717) is 6.04 Å². The maximum absolute atomic E-state index is 4.36. The highest BCUT2D eigenvalue weighted by molar-refractivity contribution is 5.57. The van der Waals surface area contributed by atoms with E-state index in [2.05, 4.69) is 30.8 Å². The first kappa shape index (κ1) is 7.58. The third-order valence-corrected chi connectivity index (χ3v) is 1.72. The Morgan fingerprint density at radius 1 is 1.70 bits per heavy atom. The Bertz CT molecular complexity index is 129. The van der Waals surface area contributed by atoms with E-state index in [-0.39, 0.29) is 0 Å². The Morgan fingerprint density at radius 2 is 2.40 bits per heavy atom. The summed E-state index contributed by atoms with van der Waals surface area (Å²) in [6.45, 7) is 5.60. The molecule has 0 bridgehead atoms. The van der Waals surface area contributed by atoms with Gasteiger partial charge in [-0.15, -0.1) is 0 Å². The van der Waals surface area contributed by atoms with E-state index >= 15 is 0 Å². The number of nitrogens with zero attached hydrogens (tertiary/aromatic N) is 2. The summed E-state index contributed by atoms with van der Waals surface area (Å²) in [6, 6.07) is 0.560. The van der Waals surface area contributed by atoms with Crippen molar-refractivity contribution in [1.82, 2.24) is 4.90 Å². The Hall–Kier alpha value is -0.530. The second-order valence-corrected chi connectivity index (χ2v) is 3.49. The zero-order valence-corrected chi connectivity index (χ0v) is 7.04. The van der Waals surface area contributed by atoms with E-state index in [1.165, 1.54) is 6.42 Å². The van der Waals surface area contributed by atoms with Crippen LogP contribution in [0.25, 0.3) is 0 Å². The second kappa shape index (κ2) is 3.04. The highest BCUT2D eigenvalue weighted by atomic mass is 15.2. The van der Waals surface area contributed by atoms with Crippen molar-refractivity contribution in [3.8, 4) is 0 Å². The summed E-state index contributed by atoms with van der Waals surface area (Å²) in [5.74, 6) is 0.772. The molecule has 0 saturated carbocycles. The van der Waals surface area contributed by atoms with Gasteiger partial charge < -0.3 is 4.90 Å². The van der Waals surface area contributed by atoms with Crippen LogP contribution in [0.3, 0.4) is 0 Å². The van der Waals surface area contributed by atoms with Crippen LogP contribution < -0.4 is 0 Å². The van der Waals surface area contributed by atoms with E-state index in [1.807, 2.05) is 6.34 Å². The maximum Gasteiger partial charge on any atom is 0.0852 e. The van der Waals surface area contributed by atoms with Crippen molar-refractivity contribution in [2.24, 2.45) is 10.9 Å². The molecule has 0 N–H and O–H groups in total. The predicted molar refractivity (Wildman–Crippen MR) is 44.4 cm³/mol. The normalized spacial score (nSPS) is 24.8. The molecule has 1 aliphatic heterocycles. The Balaban J connectivity index is 2.26. The van der Waals surface area contributed by atoms with Gasteiger partial charge in [0.25, 0.3) is 0 Å². The van der Waals surface area contributed by atoms with E-state index in [1.54, 1.807) is 0 Å².